The monoisotopic (exact) mass is 359 g/mol. The molecule has 0 fully saturated rings. The summed E-state index contributed by atoms with van der Waals surface area (Å²) in [7, 11) is 1.21. The largest absolute Gasteiger partial charge is 0.469 e. The zero-order chi connectivity index (χ0) is 18.9. The summed E-state index contributed by atoms with van der Waals surface area (Å²) in [4.78, 5) is 39.3. The molecule has 9 heteroatoms. The molecule has 26 heavy (non-hydrogen) atoms. The standard InChI is InChI=1S/C17H17N3O6/c1-25-15(21)9-11-19(16-14(20(23)24)8-5-10-18-16)17(22)26-12-13-6-3-2-4-7-13/h2-8,10H,9,11-12H2,1H3. The first kappa shape index (κ1) is 18.8. The van der Waals surface area contributed by atoms with Crippen LogP contribution in [0.1, 0.15) is 12.0 Å². The molecule has 2 aromatic rings. The van der Waals surface area contributed by atoms with Crippen molar-refractivity contribution in [2.24, 2.45) is 0 Å². The summed E-state index contributed by atoms with van der Waals surface area (Å²) < 4.78 is 9.77. The number of nitrogens with zero attached hydrogens (tertiary/aromatic N) is 3. The van der Waals surface area contributed by atoms with Crippen LogP contribution in [0.2, 0.25) is 0 Å². The molecule has 2 rings (SSSR count). The van der Waals surface area contributed by atoms with Crippen LogP contribution < -0.4 is 4.90 Å². The Hall–Kier alpha value is -3.49. The minimum Gasteiger partial charge on any atom is -0.469 e. The normalized spacial score (nSPS) is 10.0. The molecule has 0 spiro atoms. The first-order valence-electron chi connectivity index (χ1n) is 7.67. The summed E-state index contributed by atoms with van der Waals surface area (Å²) in [6.07, 6.45) is 0.308. The molecular weight excluding hydrogens is 342 g/mol. The number of aromatic nitrogens is 1. The van der Waals surface area contributed by atoms with E-state index in [1.165, 1.54) is 25.4 Å². The first-order chi connectivity index (χ1) is 12.5. The summed E-state index contributed by atoms with van der Waals surface area (Å²) >= 11 is 0. The van der Waals surface area contributed by atoms with Gasteiger partial charge in [0, 0.05) is 18.8 Å². The van der Waals surface area contributed by atoms with Crippen LogP contribution in [-0.4, -0.2) is 35.6 Å². The molecule has 0 atom stereocenters. The van der Waals surface area contributed by atoms with E-state index < -0.39 is 17.0 Å². The van der Waals surface area contributed by atoms with Gasteiger partial charge >= 0.3 is 17.7 Å². The minimum absolute atomic E-state index is 0.0188. The summed E-state index contributed by atoms with van der Waals surface area (Å²) in [5.74, 6) is -0.760. The van der Waals surface area contributed by atoms with E-state index in [4.69, 9.17) is 4.74 Å². The highest BCUT2D eigenvalue weighted by molar-refractivity contribution is 5.89. The highest BCUT2D eigenvalue weighted by Crippen LogP contribution is 2.26. The van der Waals surface area contributed by atoms with Gasteiger partial charge in [-0.1, -0.05) is 30.3 Å². The van der Waals surface area contributed by atoms with E-state index in [0.29, 0.717) is 0 Å². The van der Waals surface area contributed by atoms with E-state index in [-0.39, 0.29) is 31.1 Å². The number of hydrogen-bond donors (Lipinski definition) is 0. The zero-order valence-electron chi connectivity index (χ0n) is 14.0. The fourth-order valence-corrected chi connectivity index (χ4v) is 2.12. The lowest BCUT2D eigenvalue weighted by Gasteiger charge is -2.20. The van der Waals surface area contributed by atoms with Gasteiger partial charge in [-0.3, -0.25) is 19.8 Å². The van der Waals surface area contributed by atoms with Crippen LogP contribution in [-0.2, 0) is 20.9 Å². The average Bonchev–Trinajstić information content (AvgIpc) is 2.67. The van der Waals surface area contributed by atoms with E-state index in [0.717, 1.165) is 10.5 Å². The summed E-state index contributed by atoms with van der Waals surface area (Å²) in [6.45, 7) is -0.187. The predicted octanol–water partition coefficient (Wildman–Crippen LogP) is 2.70. The predicted molar refractivity (Wildman–Crippen MR) is 91.5 cm³/mol. The second-order valence-corrected chi connectivity index (χ2v) is 5.12. The van der Waals surface area contributed by atoms with Gasteiger partial charge in [0.15, 0.2) is 0 Å². The number of carbonyl (C=O) groups excluding carboxylic acids is 2. The van der Waals surface area contributed by atoms with Gasteiger partial charge in [-0.15, -0.1) is 0 Å². The smallest absolute Gasteiger partial charge is 0.416 e. The molecule has 9 nitrogen and oxygen atoms in total. The van der Waals surface area contributed by atoms with Crippen molar-refractivity contribution in [3.63, 3.8) is 0 Å². The van der Waals surface area contributed by atoms with Crippen LogP contribution in [0.25, 0.3) is 0 Å². The maximum Gasteiger partial charge on any atom is 0.416 e. The number of ether oxygens (including phenoxy) is 2. The van der Waals surface area contributed by atoms with Gasteiger partial charge in [-0.05, 0) is 11.6 Å². The van der Waals surface area contributed by atoms with E-state index in [1.54, 1.807) is 24.3 Å². The number of esters is 1. The van der Waals surface area contributed by atoms with Crippen molar-refractivity contribution in [3.8, 4) is 0 Å². The zero-order valence-corrected chi connectivity index (χ0v) is 14.0. The molecule has 0 aliphatic carbocycles. The number of hydrogen-bond acceptors (Lipinski definition) is 7. The van der Waals surface area contributed by atoms with Gasteiger partial charge in [-0.25, -0.2) is 9.78 Å². The summed E-state index contributed by atoms with van der Waals surface area (Å²) in [6, 6.07) is 11.6. The molecule has 1 amide bonds. The van der Waals surface area contributed by atoms with Crippen molar-refractivity contribution in [2.75, 3.05) is 18.6 Å². The Bertz CT molecular complexity index is 781. The van der Waals surface area contributed by atoms with Crippen molar-refractivity contribution in [1.29, 1.82) is 0 Å². The third kappa shape index (κ3) is 5.00. The van der Waals surface area contributed by atoms with Crippen LogP contribution in [0, 0.1) is 10.1 Å². The highest BCUT2D eigenvalue weighted by atomic mass is 16.6. The molecular formula is C17H17N3O6. The lowest BCUT2D eigenvalue weighted by molar-refractivity contribution is -0.384. The van der Waals surface area contributed by atoms with Crippen molar-refractivity contribution >= 4 is 23.6 Å². The Morgan fingerprint density at radius 2 is 1.92 bits per heavy atom. The Kier molecular flexibility index (Phi) is 6.60. The second-order valence-electron chi connectivity index (χ2n) is 5.12. The number of carbonyl (C=O) groups is 2. The van der Waals surface area contributed by atoms with Gasteiger partial charge in [0.25, 0.3) is 0 Å². The average molecular weight is 359 g/mol. The van der Waals surface area contributed by atoms with Gasteiger partial charge in [0.1, 0.15) is 6.61 Å². The summed E-state index contributed by atoms with van der Waals surface area (Å²) in [5.41, 5.74) is 0.387. The SMILES string of the molecule is COC(=O)CCN(C(=O)OCc1ccccc1)c1ncccc1[N+](=O)[O-]. The molecule has 0 unspecified atom stereocenters. The molecule has 1 aromatic heterocycles. The van der Waals surface area contributed by atoms with Gasteiger partial charge < -0.3 is 9.47 Å². The number of anilines is 1. The topological polar surface area (TPSA) is 112 Å². The molecule has 136 valence electrons. The third-order valence-corrected chi connectivity index (χ3v) is 3.41. The first-order valence-corrected chi connectivity index (χ1v) is 7.67. The van der Waals surface area contributed by atoms with E-state index in [1.807, 2.05) is 6.07 Å². The summed E-state index contributed by atoms with van der Waals surface area (Å²) in [5, 5.41) is 11.2. The molecule has 1 aromatic carbocycles. The maximum atomic E-state index is 12.5. The molecule has 0 radical (unpaired) electrons. The molecule has 0 N–H and O–H groups in total. The fraction of sp³-hybridized carbons (Fsp3) is 0.235. The van der Waals surface area contributed by atoms with Crippen molar-refractivity contribution < 1.29 is 24.0 Å². The molecule has 0 bridgehead atoms. The molecule has 1 heterocycles. The van der Waals surface area contributed by atoms with Crippen LogP contribution >= 0.6 is 0 Å². The molecule has 0 saturated heterocycles. The maximum absolute atomic E-state index is 12.5. The fourth-order valence-electron chi connectivity index (χ4n) is 2.12. The van der Waals surface area contributed by atoms with Gasteiger partial charge in [-0.2, -0.15) is 0 Å². The van der Waals surface area contributed by atoms with E-state index in [2.05, 4.69) is 9.72 Å². The van der Waals surface area contributed by atoms with Gasteiger partial charge in [0.2, 0.25) is 5.82 Å². The van der Waals surface area contributed by atoms with Crippen LogP contribution in [0.3, 0.4) is 0 Å². The third-order valence-electron chi connectivity index (χ3n) is 3.41. The van der Waals surface area contributed by atoms with Crippen molar-refractivity contribution in [3.05, 3.63) is 64.3 Å². The minimum atomic E-state index is -0.848. The number of rotatable bonds is 7. The van der Waals surface area contributed by atoms with Crippen molar-refractivity contribution in [1.82, 2.24) is 4.98 Å². The Balaban J connectivity index is 2.21. The van der Waals surface area contributed by atoms with E-state index >= 15 is 0 Å². The van der Waals surface area contributed by atoms with Crippen LogP contribution in [0.5, 0.6) is 0 Å². The molecule has 0 aliphatic rings. The number of amides is 1. The second kappa shape index (κ2) is 9.11. The van der Waals surface area contributed by atoms with Crippen LogP contribution in [0.15, 0.2) is 48.7 Å². The number of pyridine rings is 1. The molecule has 0 aliphatic heterocycles. The number of nitro groups is 1. The van der Waals surface area contributed by atoms with Crippen LogP contribution in [0.4, 0.5) is 16.3 Å². The Morgan fingerprint density at radius 3 is 2.58 bits per heavy atom. The lowest BCUT2D eigenvalue weighted by Crippen LogP contribution is -2.34. The quantitative estimate of drug-likeness (QED) is 0.424. The van der Waals surface area contributed by atoms with Gasteiger partial charge in [0.05, 0.1) is 18.5 Å². The Labute approximate surface area is 149 Å². The highest BCUT2D eigenvalue weighted by Gasteiger charge is 2.27. The Morgan fingerprint density at radius 1 is 1.19 bits per heavy atom. The molecule has 0 saturated carbocycles. The van der Waals surface area contributed by atoms with E-state index in [9.17, 15) is 19.7 Å². The van der Waals surface area contributed by atoms with Crippen molar-refractivity contribution in [2.45, 2.75) is 13.0 Å². The number of benzene rings is 1. The lowest BCUT2D eigenvalue weighted by atomic mass is 10.2. The number of methoxy groups -OCH3 is 1.